The number of thioether (sulfide) groups is 1. The summed E-state index contributed by atoms with van der Waals surface area (Å²) in [5.41, 5.74) is 0. The largest absolute Gasteiger partial charge is 0.503 e. The zero-order valence-corrected chi connectivity index (χ0v) is 7.13. The molecule has 0 spiro atoms. The Kier molecular flexibility index (Phi) is 2.86. The molecule has 0 aliphatic rings. The van der Waals surface area contributed by atoms with E-state index in [4.69, 9.17) is 10.4 Å². The second kappa shape index (κ2) is 3.75. The van der Waals surface area contributed by atoms with Crippen molar-refractivity contribution in [2.24, 2.45) is 0 Å². The highest BCUT2D eigenvalue weighted by atomic mass is 32.2. The smallest absolute Gasteiger partial charge is 0.204 e. The number of halogens is 4. The molecule has 1 N–H and O–H groups in total. The summed E-state index contributed by atoms with van der Waals surface area (Å²) in [4.78, 5) is -1.11. The van der Waals surface area contributed by atoms with Gasteiger partial charge in [0, 0.05) is 0 Å². The van der Waals surface area contributed by atoms with Crippen molar-refractivity contribution in [3.05, 3.63) is 23.3 Å². The fourth-order valence-corrected chi connectivity index (χ4v) is 1.18. The highest BCUT2D eigenvalue weighted by Gasteiger charge is 2.25. The fourth-order valence-electron chi connectivity index (χ4n) is 0.735. The minimum absolute atomic E-state index is 0.0700. The van der Waals surface area contributed by atoms with Crippen LogP contribution in [0.3, 0.4) is 0 Å². The van der Waals surface area contributed by atoms with Gasteiger partial charge in [-0.15, -0.1) is 0 Å². The van der Waals surface area contributed by atoms with Gasteiger partial charge in [0.2, 0.25) is 11.6 Å². The van der Waals surface area contributed by atoms with Gasteiger partial charge in [-0.1, -0.05) is 0 Å². The molecule has 0 unspecified atom stereocenters. The molecule has 0 aromatic heterocycles. The standard InChI is InChI=1S/C7HF4NOS/c8-2-4(10)7(14-1-12)5(11)3(9)6(2)13/h13H. The lowest BCUT2D eigenvalue weighted by molar-refractivity contribution is 0.344. The maximum Gasteiger partial charge on any atom is 0.204 e. The Balaban J connectivity index is 3.53. The van der Waals surface area contributed by atoms with Crippen LogP contribution in [0.15, 0.2) is 4.90 Å². The summed E-state index contributed by atoms with van der Waals surface area (Å²) in [6, 6.07) is 0. The Morgan fingerprint density at radius 1 is 1.00 bits per heavy atom. The molecule has 0 saturated heterocycles. The zero-order valence-electron chi connectivity index (χ0n) is 6.31. The number of rotatable bonds is 1. The number of phenolic OH excluding ortho intramolecular Hbond substituents is 1. The summed E-state index contributed by atoms with van der Waals surface area (Å²) in [6.45, 7) is 0. The van der Waals surface area contributed by atoms with Crippen LogP contribution in [0.4, 0.5) is 17.6 Å². The van der Waals surface area contributed by atoms with E-state index >= 15 is 0 Å². The van der Waals surface area contributed by atoms with Gasteiger partial charge in [-0.05, 0) is 11.8 Å². The molecule has 0 bridgehead atoms. The van der Waals surface area contributed by atoms with Gasteiger partial charge in [-0.3, -0.25) is 0 Å². The predicted molar refractivity (Wildman–Crippen MR) is 39.4 cm³/mol. The summed E-state index contributed by atoms with van der Waals surface area (Å²) in [6.07, 6.45) is 0. The molecule has 0 aliphatic heterocycles. The quantitative estimate of drug-likeness (QED) is 0.344. The molecule has 0 saturated carbocycles. The number of phenols is 1. The molecule has 0 aliphatic carbocycles. The van der Waals surface area contributed by atoms with E-state index in [0.29, 0.717) is 0 Å². The fraction of sp³-hybridized carbons (Fsp3) is 0. The first-order valence-corrected chi connectivity index (χ1v) is 3.93. The highest BCUT2D eigenvalue weighted by molar-refractivity contribution is 8.03. The Morgan fingerprint density at radius 2 is 1.43 bits per heavy atom. The number of thiocyanates is 1. The van der Waals surface area contributed by atoms with Crippen LogP contribution < -0.4 is 0 Å². The first-order valence-electron chi connectivity index (χ1n) is 3.11. The third kappa shape index (κ3) is 1.48. The van der Waals surface area contributed by atoms with E-state index in [1.54, 1.807) is 0 Å². The molecule has 0 amide bonds. The van der Waals surface area contributed by atoms with E-state index in [-0.39, 0.29) is 11.8 Å². The van der Waals surface area contributed by atoms with Gasteiger partial charge >= 0.3 is 0 Å². The molecule has 7 heteroatoms. The molecule has 0 radical (unpaired) electrons. The van der Waals surface area contributed by atoms with Gasteiger partial charge < -0.3 is 5.11 Å². The van der Waals surface area contributed by atoms with Crippen LogP contribution in [0.1, 0.15) is 0 Å². The average molecular weight is 223 g/mol. The summed E-state index contributed by atoms with van der Waals surface area (Å²) in [7, 11) is 0. The first kappa shape index (κ1) is 10.7. The monoisotopic (exact) mass is 223 g/mol. The third-order valence-electron chi connectivity index (χ3n) is 1.35. The number of nitrogens with zero attached hydrogens (tertiary/aromatic N) is 1. The first-order chi connectivity index (χ1) is 6.50. The predicted octanol–water partition coefficient (Wildman–Crippen LogP) is 2.52. The Hall–Kier alpha value is -1.42. The van der Waals surface area contributed by atoms with E-state index in [9.17, 15) is 17.6 Å². The number of hydrogen-bond acceptors (Lipinski definition) is 3. The maximum absolute atomic E-state index is 12.8. The van der Waals surface area contributed by atoms with Crippen LogP contribution in [0.25, 0.3) is 0 Å². The molecule has 1 rings (SSSR count). The SMILES string of the molecule is N#CSc1c(F)c(F)c(O)c(F)c1F. The molecule has 0 fully saturated rings. The van der Waals surface area contributed by atoms with Gasteiger partial charge in [0.25, 0.3) is 0 Å². The van der Waals surface area contributed by atoms with Crippen LogP contribution in [-0.2, 0) is 0 Å². The van der Waals surface area contributed by atoms with Crippen molar-refractivity contribution in [2.45, 2.75) is 4.90 Å². The number of nitriles is 1. The van der Waals surface area contributed by atoms with Crippen LogP contribution in [-0.4, -0.2) is 5.11 Å². The second-order valence-electron chi connectivity index (χ2n) is 2.13. The lowest BCUT2D eigenvalue weighted by atomic mass is 10.3. The number of benzene rings is 1. The van der Waals surface area contributed by atoms with E-state index < -0.39 is 33.9 Å². The molecule has 74 valence electrons. The Bertz CT molecular complexity index is 400. The van der Waals surface area contributed by atoms with E-state index in [1.165, 1.54) is 5.40 Å². The summed E-state index contributed by atoms with van der Waals surface area (Å²) in [5, 5.41) is 17.9. The van der Waals surface area contributed by atoms with Crippen molar-refractivity contribution in [2.75, 3.05) is 0 Å². The summed E-state index contributed by atoms with van der Waals surface area (Å²) >= 11 is -0.0700. The zero-order chi connectivity index (χ0) is 10.9. The van der Waals surface area contributed by atoms with Crippen LogP contribution in [0.5, 0.6) is 5.75 Å². The van der Waals surface area contributed by atoms with Crippen molar-refractivity contribution in [1.82, 2.24) is 0 Å². The minimum Gasteiger partial charge on any atom is -0.503 e. The molecule has 14 heavy (non-hydrogen) atoms. The summed E-state index contributed by atoms with van der Waals surface area (Å²) in [5.74, 6) is -9.13. The van der Waals surface area contributed by atoms with Crippen molar-refractivity contribution in [3.63, 3.8) is 0 Å². The lowest BCUT2D eigenvalue weighted by Crippen LogP contribution is -1.98. The molecule has 1 aromatic carbocycles. The highest BCUT2D eigenvalue weighted by Crippen LogP contribution is 2.33. The molecule has 0 atom stereocenters. The van der Waals surface area contributed by atoms with Crippen molar-refractivity contribution < 1.29 is 22.7 Å². The average Bonchev–Trinajstić information content (AvgIpc) is 2.19. The van der Waals surface area contributed by atoms with Crippen LogP contribution in [0.2, 0.25) is 0 Å². The molecular formula is C7HF4NOS. The topological polar surface area (TPSA) is 44.0 Å². The number of aromatic hydroxyl groups is 1. The maximum atomic E-state index is 12.8. The van der Waals surface area contributed by atoms with E-state index in [2.05, 4.69) is 0 Å². The van der Waals surface area contributed by atoms with Gasteiger partial charge in [0.15, 0.2) is 17.4 Å². The van der Waals surface area contributed by atoms with Gasteiger partial charge in [-0.25, -0.2) is 8.78 Å². The second-order valence-corrected chi connectivity index (χ2v) is 2.92. The summed E-state index contributed by atoms with van der Waals surface area (Å²) < 4.78 is 50.8. The third-order valence-corrected chi connectivity index (χ3v) is 2.00. The lowest BCUT2D eigenvalue weighted by Gasteiger charge is -2.04. The number of hydrogen-bond donors (Lipinski definition) is 1. The molecule has 2 nitrogen and oxygen atoms in total. The van der Waals surface area contributed by atoms with Gasteiger partial charge in [-0.2, -0.15) is 14.0 Å². The van der Waals surface area contributed by atoms with E-state index in [1.807, 2.05) is 0 Å². The minimum atomic E-state index is -1.92. The van der Waals surface area contributed by atoms with Gasteiger partial charge in [0.1, 0.15) is 10.3 Å². The molecular weight excluding hydrogens is 222 g/mol. The Labute approximate surface area is 79.8 Å². The van der Waals surface area contributed by atoms with Crippen molar-refractivity contribution in [1.29, 1.82) is 5.26 Å². The molecule has 1 aromatic rings. The van der Waals surface area contributed by atoms with Gasteiger partial charge in [0.05, 0.1) is 0 Å². The van der Waals surface area contributed by atoms with Crippen molar-refractivity contribution >= 4 is 11.8 Å². The molecule has 0 heterocycles. The van der Waals surface area contributed by atoms with Crippen molar-refractivity contribution in [3.8, 4) is 11.2 Å². The Morgan fingerprint density at radius 3 is 1.79 bits per heavy atom. The van der Waals surface area contributed by atoms with E-state index in [0.717, 1.165) is 0 Å². The van der Waals surface area contributed by atoms with Crippen LogP contribution in [0, 0.1) is 33.9 Å². The van der Waals surface area contributed by atoms with Crippen LogP contribution >= 0.6 is 11.8 Å². The normalized spacial score (nSPS) is 9.93.